The Balaban J connectivity index is 2.00. The van der Waals surface area contributed by atoms with Gasteiger partial charge >= 0.3 is 0 Å². The molecule has 0 aliphatic rings. The molecule has 5 nitrogen and oxygen atoms in total. The Morgan fingerprint density at radius 1 is 1.33 bits per heavy atom. The number of carbonyl (C=O) groups is 1. The number of benzene rings is 1. The second-order valence-electron chi connectivity index (χ2n) is 5.11. The van der Waals surface area contributed by atoms with Crippen LogP contribution in [0.1, 0.15) is 27.7 Å². The van der Waals surface area contributed by atoms with E-state index in [1.165, 1.54) is 6.26 Å². The van der Waals surface area contributed by atoms with Crippen LogP contribution in [0, 0.1) is 0 Å². The Hall–Kier alpha value is -2.11. The van der Waals surface area contributed by atoms with Gasteiger partial charge in [0.25, 0.3) is 5.91 Å². The zero-order chi connectivity index (χ0) is 15.2. The van der Waals surface area contributed by atoms with Crippen molar-refractivity contribution in [3.63, 3.8) is 0 Å². The van der Waals surface area contributed by atoms with Crippen LogP contribution in [0.4, 0.5) is 0 Å². The van der Waals surface area contributed by atoms with Gasteiger partial charge in [-0.3, -0.25) is 4.79 Å². The van der Waals surface area contributed by atoms with Gasteiger partial charge in [-0.1, -0.05) is 30.3 Å². The summed E-state index contributed by atoms with van der Waals surface area (Å²) >= 11 is 0. The largest absolute Gasteiger partial charge is 0.467 e. The summed E-state index contributed by atoms with van der Waals surface area (Å²) < 4.78 is 5.18. The minimum absolute atomic E-state index is 0.121. The van der Waals surface area contributed by atoms with Gasteiger partial charge in [0.2, 0.25) is 0 Å². The standard InChI is InChI=1S/C16H21N3O2/c1-19(2)15(12-6-4-3-5-7-12)10-18-16(20)13-8-14(9-17)21-11-13/h3-8,11,15H,9-10,17H2,1-2H3,(H,18,20). The monoisotopic (exact) mass is 287 g/mol. The van der Waals surface area contributed by atoms with E-state index >= 15 is 0 Å². The molecule has 1 atom stereocenters. The van der Waals surface area contributed by atoms with Crippen molar-refractivity contribution in [2.75, 3.05) is 20.6 Å². The number of rotatable bonds is 6. The molecular formula is C16H21N3O2. The molecule has 0 saturated carbocycles. The lowest BCUT2D eigenvalue weighted by Crippen LogP contribution is -2.34. The molecule has 1 heterocycles. The van der Waals surface area contributed by atoms with Crippen LogP contribution in [0.15, 0.2) is 47.1 Å². The zero-order valence-corrected chi connectivity index (χ0v) is 12.4. The van der Waals surface area contributed by atoms with Crippen LogP contribution in [-0.2, 0) is 6.54 Å². The summed E-state index contributed by atoms with van der Waals surface area (Å²) in [6.07, 6.45) is 1.44. The fourth-order valence-electron chi connectivity index (χ4n) is 2.17. The Labute approximate surface area is 124 Å². The molecule has 112 valence electrons. The predicted molar refractivity (Wildman–Crippen MR) is 81.8 cm³/mol. The molecule has 0 aliphatic heterocycles. The highest BCUT2D eigenvalue weighted by atomic mass is 16.3. The zero-order valence-electron chi connectivity index (χ0n) is 12.4. The molecule has 1 amide bonds. The SMILES string of the molecule is CN(C)C(CNC(=O)c1coc(CN)c1)c1ccccc1. The van der Waals surface area contributed by atoms with E-state index in [9.17, 15) is 4.79 Å². The summed E-state index contributed by atoms with van der Waals surface area (Å²) in [5.41, 5.74) is 7.13. The van der Waals surface area contributed by atoms with Crippen molar-refractivity contribution in [1.29, 1.82) is 0 Å². The molecular weight excluding hydrogens is 266 g/mol. The first-order valence-electron chi connectivity index (χ1n) is 6.89. The van der Waals surface area contributed by atoms with Gasteiger partial charge in [0.15, 0.2) is 0 Å². The maximum atomic E-state index is 12.1. The Morgan fingerprint density at radius 3 is 2.62 bits per heavy atom. The van der Waals surface area contributed by atoms with Gasteiger partial charge in [-0.15, -0.1) is 0 Å². The average molecular weight is 287 g/mol. The lowest BCUT2D eigenvalue weighted by Gasteiger charge is -2.25. The van der Waals surface area contributed by atoms with Gasteiger partial charge in [-0.25, -0.2) is 0 Å². The summed E-state index contributed by atoms with van der Waals surface area (Å²) in [4.78, 5) is 14.2. The third kappa shape index (κ3) is 3.93. The van der Waals surface area contributed by atoms with Crippen LogP contribution in [-0.4, -0.2) is 31.4 Å². The van der Waals surface area contributed by atoms with Crippen LogP contribution < -0.4 is 11.1 Å². The molecule has 0 bridgehead atoms. The van der Waals surface area contributed by atoms with E-state index in [0.29, 0.717) is 17.9 Å². The Kier molecular flexibility index (Phi) is 5.14. The molecule has 2 aromatic rings. The molecule has 2 rings (SSSR count). The minimum atomic E-state index is -0.152. The molecule has 21 heavy (non-hydrogen) atoms. The van der Waals surface area contributed by atoms with Crippen molar-refractivity contribution in [2.24, 2.45) is 5.73 Å². The molecule has 1 unspecified atom stereocenters. The van der Waals surface area contributed by atoms with E-state index in [2.05, 4.69) is 22.3 Å². The van der Waals surface area contributed by atoms with E-state index < -0.39 is 0 Å². The molecule has 0 fully saturated rings. The van der Waals surface area contributed by atoms with E-state index in [4.69, 9.17) is 10.2 Å². The molecule has 1 aromatic heterocycles. The third-order valence-electron chi connectivity index (χ3n) is 3.38. The number of nitrogens with two attached hydrogens (primary N) is 1. The first-order chi connectivity index (χ1) is 10.1. The molecule has 3 N–H and O–H groups in total. The normalized spacial score (nSPS) is 12.4. The van der Waals surface area contributed by atoms with Gasteiger partial charge in [0.1, 0.15) is 12.0 Å². The number of carbonyl (C=O) groups excluding carboxylic acids is 1. The first-order valence-corrected chi connectivity index (χ1v) is 6.89. The Morgan fingerprint density at radius 2 is 2.05 bits per heavy atom. The fourth-order valence-corrected chi connectivity index (χ4v) is 2.17. The van der Waals surface area contributed by atoms with Crippen molar-refractivity contribution in [3.05, 3.63) is 59.5 Å². The molecule has 0 saturated heterocycles. The second kappa shape index (κ2) is 7.06. The maximum Gasteiger partial charge on any atom is 0.254 e. The number of furan rings is 1. The quantitative estimate of drug-likeness (QED) is 0.849. The molecule has 0 aliphatic carbocycles. The first kappa shape index (κ1) is 15.3. The van der Waals surface area contributed by atoms with Gasteiger partial charge in [0.05, 0.1) is 18.2 Å². The molecule has 0 radical (unpaired) electrons. The van der Waals surface area contributed by atoms with E-state index in [1.807, 2.05) is 32.3 Å². The number of amides is 1. The van der Waals surface area contributed by atoms with Crippen LogP contribution in [0.5, 0.6) is 0 Å². The maximum absolute atomic E-state index is 12.1. The minimum Gasteiger partial charge on any atom is -0.467 e. The lowest BCUT2D eigenvalue weighted by molar-refractivity contribution is 0.0941. The summed E-state index contributed by atoms with van der Waals surface area (Å²) in [7, 11) is 3.99. The fraction of sp³-hybridized carbons (Fsp3) is 0.312. The Bertz CT molecular complexity index is 578. The molecule has 1 aromatic carbocycles. The topological polar surface area (TPSA) is 71.5 Å². The highest BCUT2D eigenvalue weighted by Crippen LogP contribution is 2.17. The molecule has 0 spiro atoms. The van der Waals surface area contributed by atoms with Gasteiger partial charge in [-0.05, 0) is 25.7 Å². The summed E-state index contributed by atoms with van der Waals surface area (Å²) in [5, 5.41) is 2.93. The van der Waals surface area contributed by atoms with Crippen molar-refractivity contribution in [3.8, 4) is 0 Å². The number of hydrogen-bond donors (Lipinski definition) is 2. The number of hydrogen-bond acceptors (Lipinski definition) is 4. The van der Waals surface area contributed by atoms with Crippen molar-refractivity contribution < 1.29 is 9.21 Å². The predicted octanol–water partition coefficient (Wildman–Crippen LogP) is 1.77. The van der Waals surface area contributed by atoms with Crippen molar-refractivity contribution in [1.82, 2.24) is 10.2 Å². The van der Waals surface area contributed by atoms with Crippen molar-refractivity contribution >= 4 is 5.91 Å². The summed E-state index contributed by atoms with van der Waals surface area (Å²) in [6.45, 7) is 0.816. The van der Waals surface area contributed by atoms with Crippen LogP contribution in [0.25, 0.3) is 0 Å². The van der Waals surface area contributed by atoms with E-state index in [1.54, 1.807) is 6.07 Å². The average Bonchev–Trinajstić information content (AvgIpc) is 2.97. The second-order valence-corrected chi connectivity index (χ2v) is 5.11. The number of nitrogens with zero attached hydrogens (tertiary/aromatic N) is 1. The van der Waals surface area contributed by atoms with Crippen LogP contribution >= 0.6 is 0 Å². The van der Waals surface area contributed by atoms with Gasteiger partial charge in [-0.2, -0.15) is 0 Å². The molecule has 5 heteroatoms. The van der Waals surface area contributed by atoms with E-state index in [-0.39, 0.29) is 18.5 Å². The third-order valence-corrected chi connectivity index (χ3v) is 3.38. The highest BCUT2D eigenvalue weighted by molar-refractivity contribution is 5.94. The highest BCUT2D eigenvalue weighted by Gasteiger charge is 2.16. The summed E-state index contributed by atoms with van der Waals surface area (Å²) in [6, 6.07) is 11.9. The van der Waals surface area contributed by atoms with Crippen LogP contribution in [0.3, 0.4) is 0 Å². The van der Waals surface area contributed by atoms with Gasteiger partial charge in [0, 0.05) is 6.54 Å². The van der Waals surface area contributed by atoms with Gasteiger partial charge < -0.3 is 20.4 Å². The summed E-state index contributed by atoms with van der Waals surface area (Å²) in [5.74, 6) is 0.452. The smallest absolute Gasteiger partial charge is 0.254 e. The number of likely N-dealkylation sites (N-methyl/N-ethyl adjacent to an activating group) is 1. The van der Waals surface area contributed by atoms with Crippen LogP contribution in [0.2, 0.25) is 0 Å². The number of nitrogens with one attached hydrogen (secondary N) is 1. The van der Waals surface area contributed by atoms with E-state index in [0.717, 1.165) is 5.56 Å². The van der Waals surface area contributed by atoms with Crippen molar-refractivity contribution in [2.45, 2.75) is 12.6 Å². The lowest BCUT2D eigenvalue weighted by atomic mass is 10.1.